The minimum absolute atomic E-state index is 0.0387. The normalized spacial score (nSPS) is 26.7. The molecule has 1 aromatic heterocycles. The van der Waals surface area contributed by atoms with Crippen molar-refractivity contribution < 1.29 is 4.74 Å². The molecule has 0 unspecified atom stereocenters. The van der Waals surface area contributed by atoms with Crippen molar-refractivity contribution in [1.29, 1.82) is 0 Å². The van der Waals surface area contributed by atoms with Crippen LogP contribution in [0.2, 0.25) is 0 Å². The molecule has 0 amide bonds. The summed E-state index contributed by atoms with van der Waals surface area (Å²) >= 11 is 0. The summed E-state index contributed by atoms with van der Waals surface area (Å²) in [6.45, 7) is 4.28. The molecule has 1 aromatic carbocycles. The fourth-order valence-electron chi connectivity index (χ4n) is 4.58. The van der Waals surface area contributed by atoms with Gasteiger partial charge in [-0.05, 0) is 42.1 Å². The average Bonchev–Trinajstić information content (AvgIpc) is 3.13. The lowest BCUT2D eigenvalue weighted by molar-refractivity contribution is 0.224. The van der Waals surface area contributed by atoms with Crippen molar-refractivity contribution in [3.63, 3.8) is 0 Å². The van der Waals surface area contributed by atoms with Crippen LogP contribution >= 0.6 is 0 Å². The molecular weight excluding hydrogens is 314 g/mol. The van der Waals surface area contributed by atoms with Gasteiger partial charge < -0.3 is 9.72 Å². The van der Waals surface area contributed by atoms with Gasteiger partial charge in [0.1, 0.15) is 5.75 Å². The molecular formula is C20H25N3O2. The lowest BCUT2D eigenvalue weighted by atomic mass is 9.89. The number of H-pyrrole nitrogens is 1. The number of aromatic nitrogens is 1. The summed E-state index contributed by atoms with van der Waals surface area (Å²) in [5.41, 5.74) is 2.51. The van der Waals surface area contributed by atoms with Crippen LogP contribution in [0, 0.1) is 11.8 Å². The molecule has 0 spiro atoms. The molecule has 0 aliphatic carbocycles. The molecule has 3 atom stereocenters. The Kier molecular flexibility index (Phi) is 4.36. The average molecular weight is 339 g/mol. The van der Waals surface area contributed by atoms with Crippen molar-refractivity contribution in [2.24, 2.45) is 11.8 Å². The third-order valence-corrected chi connectivity index (χ3v) is 5.68. The van der Waals surface area contributed by atoms with Gasteiger partial charge in [-0.25, -0.2) is 0 Å². The second kappa shape index (κ2) is 6.65. The summed E-state index contributed by atoms with van der Waals surface area (Å²) in [6, 6.07) is 12.5. The molecule has 4 rings (SSSR count). The van der Waals surface area contributed by atoms with Crippen LogP contribution in [0.5, 0.6) is 5.75 Å². The number of benzene rings is 1. The van der Waals surface area contributed by atoms with E-state index in [0.29, 0.717) is 17.9 Å². The highest BCUT2D eigenvalue weighted by molar-refractivity contribution is 5.30. The van der Waals surface area contributed by atoms with Gasteiger partial charge in [0, 0.05) is 44.5 Å². The SMILES string of the molecule is COc1ccc([C@@H]2[C@@H]3CN(Cc4ccc(=O)[nH]c4)C[C@@H]3CN2C)cc1. The van der Waals surface area contributed by atoms with Gasteiger partial charge in [0.2, 0.25) is 5.56 Å². The van der Waals surface area contributed by atoms with E-state index < -0.39 is 0 Å². The number of pyridine rings is 1. The molecule has 1 N–H and O–H groups in total. The summed E-state index contributed by atoms with van der Waals surface area (Å²) in [5, 5.41) is 0. The van der Waals surface area contributed by atoms with E-state index in [4.69, 9.17) is 4.74 Å². The van der Waals surface area contributed by atoms with Crippen molar-refractivity contribution >= 4 is 0 Å². The Labute approximate surface area is 148 Å². The Hall–Kier alpha value is -2.11. The summed E-state index contributed by atoms with van der Waals surface area (Å²) < 4.78 is 5.29. The van der Waals surface area contributed by atoms with Crippen LogP contribution in [-0.4, -0.2) is 48.6 Å². The van der Waals surface area contributed by atoms with Crippen LogP contribution < -0.4 is 10.3 Å². The number of fused-ring (bicyclic) bond motifs is 1. The number of aromatic amines is 1. The number of nitrogens with one attached hydrogen (secondary N) is 1. The van der Waals surface area contributed by atoms with Crippen LogP contribution in [0.15, 0.2) is 47.4 Å². The molecule has 3 heterocycles. The van der Waals surface area contributed by atoms with E-state index in [0.717, 1.165) is 31.9 Å². The minimum atomic E-state index is -0.0387. The predicted octanol–water partition coefficient (Wildman–Crippen LogP) is 2.12. The van der Waals surface area contributed by atoms with Crippen molar-refractivity contribution in [3.8, 4) is 5.75 Å². The van der Waals surface area contributed by atoms with Gasteiger partial charge in [0.25, 0.3) is 0 Å². The summed E-state index contributed by atoms with van der Waals surface area (Å²) in [6.07, 6.45) is 1.84. The smallest absolute Gasteiger partial charge is 0.247 e. The van der Waals surface area contributed by atoms with Crippen molar-refractivity contribution in [1.82, 2.24) is 14.8 Å². The Morgan fingerprint density at radius 2 is 1.92 bits per heavy atom. The first-order valence-corrected chi connectivity index (χ1v) is 8.88. The first-order chi connectivity index (χ1) is 12.1. The molecule has 5 nitrogen and oxygen atoms in total. The van der Waals surface area contributed by atoms with E-state index in [-0.39, 0.29) is 5.56 Å². The molecule has 2 aromatic rings. The second-order valence-corrected chi connectivity index (χ2v) is 7.34. The summed E-state index contributed by atoms with van der Waals surface area (Å²) in [7, 11) is 3.94. The van der Waals surface area contributed by atoms with Gasteiger partial charge in [-0.1, -0.05) is 18.2 Å². The van der Waals surface area contributed by atoms with Crippen molar-refractivity contribution in [2.75, 3.05) is 33.8 Å². The maximum atomic E-state index is 11.2. The number of rotatable bonds is 4. The van der Waals surface area contributed by atoms with Crippen LogP contribution in [-0.2, 0) is 6.54 Å². The second-order valence-electron chi connectivity index (χ2n) is 7.34. The minimum Gasteiger partial charge on any atom is -0.497 e. The van der Waals surface area contributed by atoms with Crippen molar-refractivity contribution in [3.05, 3.63) is 64.1 Å². The van der Waals surface area contributed by atoms with Gasteiger partial charge in [-0.2, -0.15) is 0 Å². The number of hydrogen-bond acceptors (Lipinski definition) is 4. The highest BCUT2D eigenvalue weighted by atomic mass is 16.5. The molecule has 0 bridgehead atoms. The number of methoxy groups -OCH3 is 1. The zero-order valence-electron chi connectivity index (χ0n) is 14.8. The quantitative estimate of drug-likeness (QED) is 0.927. The van der Waals surface area contributed by atoms with Gasteiger partial charge in [0.15, 0.2) is 0 Å². The first kappa shape index (κ1) is 16.4. The van der Waals surface area contributed by atoms with E-state index in [9.17, 15) is 4.79 Å². The molecule has 2 aliphatic rings. The maximum absolute atomic E-state index is 11.2. The molecule has 2 fully saturated rings. The highest BCUT2D eigenvalue weighted by Crippen LogP contribution is 2.44. The van der Waals surface area contributed by atoms with Gasteiger partial charge in [-0.15, -0.1) is 0 Å². The molecule has 132 valence electrons. The third kappa shape index (κ3) is 3.22. The third-order valence-electron chi connectivity index (χ3n) is 5.68. The van der Waals surface area contributed by atoms with E-state index in [2.05, 4.69) is 46.1 Å². The number of ether oxygens (including phenoxy) is 1. The molecule has 5 heteroatoms. The predicted molar refractivity (Wildman–Crippen MR) is 97.7 cm³/mol. The number of nitrogens with zero attached hydrogens (tertiary/aromatic N) is 2. The molecule has 0 saturated carbocycles. The Morgan fingerprint density at radius 1 is 1.12 bits per heavy atom. The molecule has 0 radical (unpaired) electrons. The van der Waals surface area contributed by atoms with Crippen LogP contribution in [0.4, 0.5) is 0 Å². The monoisotopic (exact) mass is 339 g/mol. The van der Waals surface area contributed by atoms with E-state index >= 15 is 0 Å². The standard InChI is InChI=1S/C20H25N3O2/c1-22-11-16-12-23(10-14-3-8-19(24)21-9-14)13-18(16)20(22)15-4-6-17(25-2)7-5-15/h3-9,16,18,20H,10-13H2,1-2H3,(H,21,24)/t16-,18+,20+/m0/s1. The van der Waals surface area contributed by atoms with E-state index in [1.807, 2.05) is 12.3 Å². The van der Waals surface area contributed by atoms with E-state index in [1.54, 1.807) is 13.2 Å². The largest absolute Gasteiger partial charge is 0.497 e. The molecule has 2 aliphatic heterocycles. The summed E-state index contributed by atoms with van der Waals surface area (Å²) in [4.78, 5) is 19.0. The number of hydrogen-bond donors (Lipinski definition) is 1. The van der Waals surface area contributed by atoms with Crippen LogP contribution in [0.3, 0.4) is 0 Å². The maximum Gasteiger partial charge on any atom is 0.247 e. The van der Waals surface area contributed by atoms with Crippen LogP contribution in [0.1, 0.15) is 17.2 Å². The fourth-order valence-corrected chi connectivity index (χ4v) is 4.58. The van der Waals surface area contributed by atoms with Gasteiger partial charge >= 0.3 is 0 Å². The zero-order valence-corrected chi connectivity index (χ0v) is 14.8. The van der Waals surface area contributed by atoms with Gasteiger partial charge in [-0.3, -0.25) is 14.6 Å². The Bertz CT molecular complexity index is 766. The Balaban J connectivity index is 1.48. The topological polar surface area (TPSA) is 48.6 Å². The van der Waals surface area contributed by atoms with E-state index in [1.165, 1.54) is 11.1 Å². The number of likely N-dealkylation sites (tertiary alicyclic amines) is 2. The summed E-state index contributed by atoms with van der Waals surface area (Å²) in [5.74, 6) is 2.27. The lowest BCUT2D eigenvalue weighted by Gasteiger charge is -2.27. The van der Waals surface area contributed by atoms with Crippen molar-refractivity contribution in [2.45, 2.75) is 12.6 Å². The highest BCUT2D eigenvalue weighted by Gasteiger charge is 2.45. The molecule has 25 heavy (non-hydrogen) atoms. The molecule has 2 saturated heterocycles. The fraction of sp³-hybridized carbons (Fsp3) is 0.450. The Morgan fingerprint density at radius 3 is 2.60 bits per heavy atom. The first-order valence-electron chi connectivity index (χ1n) is 8.88. The zero-order chi connectivity index (χ0) is 17.4. The van der Waals surface area contributed by atoms with Crippen LogP contribution in [0.25, 0.3) is 0 Å². The van der Waals surface area contributed by atoms with Gasteiger partial charge in [0.05, 0.1) is 7.11 Å². The lowest BCUT2D eigenvalue weighted by Crippen LogP contribution is -2.29.